The van der Waals surface area contributed by atoms with E-state index in [0.717, 1.165) is 10.2 Å². The minimum atomic E-state index is -0.592. The molecule has 0 bridgehead atoms. The maximum Gasteiger partial charge on any atom is 0.342 e. The second-order valence-corrected chi connectivity index (χ2v) is 8.45. The number of aromatic nitrogens is 1. The molecule has 2 aromatic carbocycles. The Balaban J connectivity index is 1.56. The summed E-state index contributed by atoms with van der Waals surface area (Å²) < 4.78 is 16.7. The smallest absolute Gasteiger partial charge is 0.342 e. The first-order valence-corrected chi connectivity index (χ1v) is 11.3. The number of anilines is 1. The fourth-order valence-corrected chi connectivity index (χ4v) is 4.52. The summed E-state index contributed by atoms with van der Waals surface area (Å²) in [6.45, 7) is 1.62. The van der Waals surface area contributed by atoms with Crippen LogP contribution in [0.2, 0.25) is 0 Å². The lowest BCUT2D eigenvalue weighted by molar-refractivity contribution is -0.116. The molecule has 0 saturated carbocycles. The minimum absolute atomic E-state index is 0.0121. The van der Waals surface area contributed by atoms with Gasteiger partial charge in [-0.25, -0.2) is 9.78 Å². The molecule has 34 heavy (non-hydrogen) atoms. The number of hydrogen-bond donors (Lipinski definition) is 1. The highest BCUT2D eigenvalue weighted by atomic mass is 32.1. The van der Waals surface area contributed by atoms with E-state index in [0.29, 0.717) is 27.6 Å². The number of Topliss-reactive ketones (excluding diaryl/α,β-unsaturated/α-hetero) is 1. The maximum absolute atomic E-state index is 12.7. The number of ether oxygens (including phenoxy) is 2. The average molecular weight is 479 g/mol. The number of hydrogen-bond acceptors (Lipinski definition) is 8. The van der Waals surface area contributed by atoms with Gasteiger partial charge in [0.2, 0.25) is 11.8 Å². The third-order valence-corrected chi connectivity index (χ3v) is 6.28. The summed E-state index contributed by atoms with van der Waals surface area (Å²) in [5.41, 5.74) is 1.82. The largest absolute Gasteiger partial charge is 0.497 e. The zero-order valence-corrected chi connectivity index (χ0v) is 19.7. The van der Waals surface area contributed by atoms with E-state index in [9.17, 15) is 14.4 Å². The van der Waals surface area contributed by atoms with E-state index in [2.05, 4.69) is 10.3 Å². The van der Waals surface area contributed by atoms with Crippen molar-refractivity contribution in [1.82, 2.24) is 4.98 Å². The Hall–Kier alpha value is -3.98. The van der Waals surface area contributed by atoms with Gasteiger partial charge in [-0.15, -0.1) is 11.3 Å². The molecule has 1 amide bonds. The maximum atomic E-state index is 12.7. The molecule has 0 aliphatic carbocycles. The van der Waals surface area contributed by atoms with Crippen LogP contribution in [0.3, 0.4) is 0 Å². The standard InChI is InChI=1S/C25H22N2O6S/c1-14-21(25(30)32-3)22(24-26-17-6-4-5-7-19(17)34-24)23(33-14)27-20(29)13-12-18(28)15-8-10-16(31-2)11-9-15/h4-11H,12-13H2,1-3H3,(H,27,29). The molecular weight excluding hydrogens is 456 g/mol. The van der Waals surface area contributed by atoms with E-state index in [1.165, 1.54) is 18.4 Å². The van der Waals surface area contributed by atoms with Gasteiger partial charge in [0, 0.05) is 18.4 Å². The number of furan rings is 1. The van der Waals surface area contributed by atoms with Gasteiger partial charge in [-0.1, -0.05) is 12.1 Å². The first-order valence-electron chi connectivity index (χ1n) is 10.5. The predicted octanol–water partition coefficient (Wildman–Crippen LogP) is 5.26. The van der Waals surface area contributed by atoms with Gasteiger partial charge in [0.1, 0.15) is 22.1 Å². The van der Waals surface area contributed by atoms with Crippen LogP contribution in [0, 0.1) is 6.92 Å². The molecule has 0 aliphatic heterocycles. The number of nitrogens with one attached hydrogen (secondary N) is 1. The van der Waals surface area contributed by atoms with Crippen molar-refractivity contribution in [2.75, 3.05) is 19.5 Å². The van der Waals surface area contributed by atoms with Gasteiger partial charge in [0.05, 0.1) is 30.0 Å². The lowest BCUT2D eigenvalue weighted by Gasteiger charge is -2.06. The lowest BCUT2D eigenvalue weighted by Crippen LogP contribution is -2.14. The van der Waals surface area contributed by atoms with Crippen molar-refractivity contribution in [2.45, 2.75) is 19.8 Å². The van der Waals surface area contributed by atoms with E-state index >= 15 is 0 Å². The molecule has 4 rings (SSSR count). The highest BCUT2D eigenvalue weighted by Gasteiger charge is 2.28. The third kappa shape index (κ3) is 4.69. The number of para-hydroxylation sites is 1. The predicted molar refractivity (Wildman–Crippen MR) is 129 cm³/mol. The number of benzene rings is 2. The summed E-state index contributed by atoms with van der Waals surface area (Å²) >= 11 is 1.37. The second-order valence-electron chi connectivity index (χ2n) is 7.42. The Bertz CT molecular complexity index is 1340. The average Bonchev–Trinajstić information content (AvgIpc) is 3.42. The molecule has 2 aromatic heterocycles. The van der Waals surface area contributed by atoms with Crippen LogP contribution in [0.1, 0.15) is 39.3 Å². The first-order chi connectivity index (χ1) is 16.4. The van der Waals surface area contributed by atoms with Gasteiger partial charge in [-0.05, 0) is 43.3 Å². The molecule has 174 valence electrons. The molecule has 0 saturated heterocycles. The first kappa shape index (κ1) is 23.2. The van der Waals surface area contributed by atoms with E-state index in [1.54, 1.807) is 38.3 Å². The summed E-state index contributed by atoms with van der Waals surface area (Å²) in [6, 6.07) is 14.2. The molecule has 8 nitrogen and oxygen atoms in total. The monoisotopic (exact) mass is 478 g/mol. The third-order valence-electron chi connectivity index (χ3n) is 5.23. The number of carbonyl (C=O) groups excluding carboxylic acids is 3. The molecule has 0 fully saturated rings. The molecule has 1 N–H and O–H groups in total. The number of fused-ring (bicyclic) bond motifs is 1. The van der Waals surface area contributed by atoms with Crippen LogP contribution in [-0.2, 0) is 9.53 Å². The molecular formula is C25H22N2O6S. The van der Waals surface area contributed by atoms with Crippen molar-refractivity contribution in [2.24, 2.45) is 0 Å². The molecule has 0 unspecified atom stereocenters. The molecule has 0 aliphatic rings. The van der Waals surface area contributed by atoms with Gasteiger partial charge in [-0.2, -0.15) is 0 Å². The Morgan fingerprint density at radius 3 is 2.44 bits per heavy atom. The van der Waals surface area contributed by atoms with Gasteiger partial charge in [0.25, 0.3) is 0 Å². The van der Waals surface area contributed by atoms with Crippen molar-refractivity contribution in [1.29, 1.82) is 0 Å². The Morgan fingerprint density at radius 2 is 1.76 bits per heavy atom. The van der Waals surface area contributed by atoms with Crippen molar-refractivity contribution in [3.8, 4) is 16.3 Å². The SMILES string of the molecule is COC(=O)c1c(C)oc(NC(=O)CCC(=O)c2ccc(OC)cc2)c1-c1nc2ccccc2s1. The zero-order valence-electron chi connectivity index (χ0n) is 18.8. The van der Waals surface area contributed by atoms with E-state index in [-0.39, 0.29) is 30.1 Å². The molecule has 0 atom stereocenters. The van der Waals surface area contributed by atoms with Gasteiger partial charge >= 0.3 is 5.97 Å². The summed E-state index contributed by atoms with van der Waals surface area (Å²) in [6.07, 6.45) is -0.0460. The normalized spacial score (nSPS) is 10.8. The number of rotatable bonds is 8. The molecule has 4 aromatic rings. The number of esters is 1. The number of nitrogens with zero attached hydrogens (tertiary/aromatic N) is 1. The van der Waals surface area contributed by atoms with Crippen molar-refractivity contribution in [3.05, 3.63) is 65.4 Å². The summed E-state index contributed by atoms with van der Waals surface area (Å²) in [7, 11) is 2.83. The zero-order chi connectivity index (χ0) is 24.2. The van der Waals surface area contributed by atoms with E-state index in [4.69, 9.17) is 13.9 Å². The van der Waals surface area contributed by atoms with E-state index < -0.39 is 11.9 Å². The van der Waals surface area contributed by atoms with Crippen molar-refractivity contribution >= 4 is 45.1 Å². The summed E-state index contributed by atoms with van der Waals surface area (Å²) in [4.78, 5) is 42.2. The minimum Gasteiger partial charge on any atom is -0.497 e. The van der Waals surface area contributed by atoms with Crippen LogP contribution >= 0.6 is 11.3 Å². The van der Waals surface area contributed by atoms with Crippen molar-refractivity contribution < 1.29 is 28.3 Å². The van der Waals surface area contributed by atoms with Crippen LogP contribution < -0.4 is 10.1 Å². The number of carbonyl (C=O) groups is 3. The second kappa shape index (κ2) is 9.88. The number of aryl methyl sites for hydroxylation is 1. The van der Waals surface area contributed by atoms with Crippen molar-refractivity contribution in [3.63, 3.8) is 0 Å². The topological polar surface area (TPSA) is 108 Å². The van der Waals surface area contributed by atoms with Crippen LogP contribution in [0.15, 0.2) is 52.9 Å². The van der Waals surface area contributed by atoms with Crippen LogP contribution in [-0.4, -0.2) is 36.9 Å². The highest BCUT2D eigenvalue weighted by Crippen LogP contribution is 2.40. The number of methoxy groups -OCH3 is 2. The van der Waals surface area contributed by atoms with Gasteiger partial charge < -0.3 is 13.9 Å². The van der Waals surface area contributed by atoms with E-state index in [1.807, 2.05) is 24.3 Å². The van der Waals surface area contributed by atoms with Crippen LogP contribution in [0.25, 0.3) is 20.8 Å². The fourth-order valence-electron chi connectivity index (χ4n) is 3.50. The Labute approximate surface area is 199 Å². The van der Waals surface area contributed by atoms with Gasteiger partial charge in [-0.3, -0.25) is 14.9 Å². The van der Waals surface area contributed by atoms with Crippen LogP contribution in [0.5, 0.6) is 5.75 Å². The Kier molecular flexibility index (Phi) is 6.74. The molecule has 2 heterocycles. The summed E-state index contributed by atoms with van der Waals surface area (Å²) in [5, 5.41) is 3.22. The fraction of sp³-hybridized carbons (Fsp3) is 0.200. The number of amides is 1. The van der Waals surface area contributed by atoms with Crippen LogP contribution in [0.4, 0.5) is 5.88 Å². The lowest BCUT2D eigenvalue weighted by atomic mass is 10.1. The molecule has 0 spiro atoms. The van der Waals surface area contributed by atoms with Gasteiger partial charge in [0.15, 0.2) is 5.78 Å². The molecule has 9 heteroatoms. The highest BCUT2D eigenvalue weighted by molar-refractivity contribution is 7.21. The quantitative estimate of drug-likeness (QED) is 0.272. The Morgan fingerprint density at radius 1 is 1.03 bits per heavy atom. The summed E-state index contributed by atoms with van der Waals surface area (Å²) in [5.74, 6) is -0.147. The number of ketones is 1. The number of thiazole rings is 1. The molecule has 0 radical (unpaired) electrons.